The van der Waals surface area contributed by atoms with E-state index in [4.69, 9.17) is 9.97 Å². The predicted octanol–water partition coefficient (Wildman–Crippen LogP) is 23.2. The van der Waals surface area contributed by atoms with Gasteiger partial charge in [-0.1, -0.05) is 271 Å². The van der Waals surface area contributed by atoms with Crippen molar-refractivity contribution in [2.75, 3.05) is 0 Å². The Hall–Kier alpha value is -11.9. The van der Waals surface area contributed by atoms with E-state index < -0.39 is 0 Å². The van der Waals surface area contributed by atoms with Gasteiger partial charge in [0.1, 0.15) is 11.6 Å². The Morgan fingerprint density at radius 3 is 1.18 bits per heavy atom. The molecular weight excluding hydrogens is 1200 g/mol. The lowest BCUT2D eigenvalue weighted by Gasteiger charge is -2.13. The van der Waals surface area contributed by atoms with Crippen LogP contribution in [0.2, 0.25) is 0 Å². The predicted molar refractivity (Wildman–Crippen MR) is 393 cm³/mol. The molecule has 93 heavy (non-hydrogen) atoms. The Balaban J connectivity index is 0.000000127. The van der Waals surface area contributed by atoms with Gasteiger partial charge in [0.05, 0.1) is 39.0 Å². The third-order valence-electron chi connectivity index (χ3n) is 17.5. The molecule has 18 aromatic rings. The van der Waals surface area contributed by atoms with Gasteiger partial charge in [-0.15, -0.1) is 0 Å². The summed E-state index contributed by atoms with van der Waals surface area (Å²) in [5.41, 5.74) is 21.8. The lowest BCUT2D eigenvalue weighted by Crippen LogP contribution is -1.99. The highest BCUT2D eigenvalue weighted by atomic mass is 79.9. The summed E-state index contributed by atoms with van der Waals surface area (Å²) in [5, 5.41) is 7.37. The molecule has 18 rings (SSSR count). The topological polar surface area (TPSA) is 56.4 Å². The summed E-state index contributed by atoms with van der Waals surface area (Å²) < 4.78 is 7.95. The number of para-hydroxylation sites is 2. The van der Waals surface area contributed by atoms with Crippen molar-refractivity contribution in [3.8, 4) is 84.3 Å². The van der Waals surface area contributed by atoms with Crippen molar-refractivity contribution in [1.29, 1.82) is 0 Å². The first-order valence-corrected chi connectivity index (χ1v) is 32.1. The molecule has 6 heterocycles. The van der Waals surface area contributed by atoms with E-state index in [9.17, 15) is 0 Å². The number of nitrogens with one attached hydrogen (secondary N) is 1. The summed E-state index contributed by atoms with van der Waals surface area (Å²) in [4.78, 5) is 13.9. The van der Waals surface area contributed by atoms with Crippen molar-refractivity contribution in [1.82, 2.24) is 28.7 Å². The standard InChI is InChI=1S/C43H29N3.C31H21N3.C12H9Br/c1-4-12-30(13-5-1)32-20-22-35(23-21-32)46-41-19-11-10-18-36(41)37-24-25-40-38(43(37)46)26-27-45(40)42-29-34(31-14-6-2-7-15-31)28-39(44-42)33-16-8-3-9-17-33;1-3-9-21(10-4-1)23-19-28(22-11-5-2-6-12-22)32-30(20-23)34-18-17-26-29(34)16-15-25-24-13-7-8-14-27(24)33-31(25)26;13-12-8-6-11(7-9-12)10-4-2-1-3-5-10/h1-29H;1-20,33H;1-9H. The lowest BCUT2D eigenvalue weighted by atomic mass is 10.0. The van der Waals surface area contributed by atoms with Crippen LogP contribution in [0.15, 0.2) is 357 Å². The molecule has 440 valence electrons. The van der Waals surface area contributed by atoms with Crippen molar-refractivity contribution in [3.05, 3.63) is 357 Å². The van der Waals surface area contributed by atoms with Crippen LogP contribution in [0.25, 0.3) is 150 Å². The highest BCUT2D eigenvalue weighted by Gasteiger charge is 2.20. The zero-order valence-corrected chi connectivity index (χ0v) is 52.2. The van der Waals surface area contributed by atoms with Gasteiger partial charge in [0.15, 0.2) is 0 Å². The maximum Gasteiger partial charge on any atom is 0.138 e. The maximum absolute atomic E-state index is 5.22. The van der Waals surface area contributed by atoms with Gasteiger partial charge < -0.3 is 18.7 Å². The van der Waals surface area contributed by atoms with Gasteiger partial charge in [-0.2, -0.15) is 0 Å². The second-order valence-corrected chi connectivity index (χ2v) is 24.1. The molecule has 0 bridgehead atoms. The average Bonchev–Trinajstić information content (AvgIpc) is 1.60. The first kappa shape index (κ1) is 56.3. The number of fused-ring (bicyclic) bond motifs is 10. The van der Waals surface area contributed by atoms with Crippen LogP contribution in [0.4, 0.5) is 0 Å². The van der Waals surface area contributed by atoms with Gasteiger partial charge in [0, 0.05) is 71.5 Å². The lowest BCUT2D eigenvalue weighted by molar-refractivity contribution is 1.05. The summed E-state index contributed by atoms with van der Waals surface area (Å²) >= 11 is 3.42. The van der Waals surface area contributed by atoms with E-state index in [0.29, 0.717) is 0 Å². The molecule has 6 aromatic heterocycles. The monoisotopic (exact) mass is 1250 g/mol. The fourth-order valence-corrected chi connectivity index (χ4v) is 13.2. The molecule has 12 aromatic carbocycles. The number of H-pyrrole nitrogens is 1. The normalized spacial score (nSPS) is 11.3. The van der Waals surface area contributed by atoms with Gasteiger partial charge >= 0.3 is 0 Å². The second-order valence-electron chi connectivity index (χ2n) is 23.2. The van der Waals surface area contributed by atoms with E-state index in [1.165, 1.54) is 82.2 Å². The zero-order valence-electron chi connectivity index (χ0n) is 50.6. The Kier molecular flexibility index (Phi) is 15.0. The molecular formula is C86H59BrN6. The molecule has 0 saturated heterocycles. The first-order chi connectivity index (χ1) is 46.0. The Morgan fingerprint density at radius 1 is 0.269 bits per heavy atom. The minimum Gasteiger partial charge on any atom is -0.354 e. The van der Waals surface area contributed by atoms with Crippen LogP contribution in [0, 0.1) is 0 Å². The Morgan fingerprint density at radius 2 is 0.667 bits per heavy atom. The van der Waals surface area contributed by atoms with E-state index in [1.807, 2.05) is 18.2 Å². The van der Waals surface area contributed by atoms with E-state index in [2.05, 4.69) is 369 Å². The number of aromatic amines is 1. The fourth-order valence-electron chi connectivity index (χ4n) is 13.0. The molecule has 0 aliphatic carbocycles. The van der Waals surface area contributed by atoms with Crippen molar-refractivity contribution >= 4 is 81.3 Å². The summed E-state index contributed by atoms with van der Waals surface area (Å²) in [6.45, 7) is 0. The molecule has 0 aliphatic heterocycles. The van der Waals surface area contributed by atoms with Crippen LogP contribution in [-0.4, -0.2) is 28.7 Å². The number of rotatable bonds is 9. The molecule has 0 aliphatic rings. The van der Waals surface area contributed by atoms with Gasteiger partial charge in [-0.05, 0) is 129 Å². The molecule has 0 unspecified atom stereocenters. The summed E-state index contributed by atoms with van der Waals surface area (Å²) in [6.07, 6.45) is 4.29. The quantitative estimate of drug-likeness (QED) is 0.157. The van der Waals surface area contributed by atoms with Crippen LogP contribution in [-0.2, 0) is 0 Å². The third kappa shape index (κ3) is 11.1. The highest BCUT2D eigenvalue weighted by Crippen LogP contribution is 2.40. The molecule has 0 fully saturated rings. The van der Waals surface area contributed by atoms with Crippen molar-refractivity contribution < 1.29 is 0 Å². The number of nitrogens with zero attached hydrogens (tertiary/aromatic N) is 5. The van der Waals surface area contributed by atoms with Crippen LogP contribution in [0.3, 0.4) is 0 Å². The molecule has 1 N–H and O–H groups in total. The van der Waals surface area contributed by atoms with Crippen molar-refractivity contribution in [2.24, 2.45) is 0 Å². The highest BCUT2D eigenvalue weighted by molar-refractivity contribution is 9.10. The van der Waals surface area contributed by atoms with Crippen LogP contribution in [0.5, 0.6) is 0 Å². The summed E-state index contributed by atoms with van der Waals surface area (Å²) in [5.74, 6) is 1.80. The molecule has 0 saturated carbocycles. The largest absolute Gasteiger partial charge is 0.354 e. The Labute approximate surface area is 547 Å². The van der Waals surface area contributed by atoms with Crippen LogP contribution < -0.4 is 0 Å². The maximum atomic E-state index is 5.22. The second kappa shape index (κ2) is 24.8. The SMILES string of the molecule is Brc1ccc(-c2ccccc2)cc1.c1ccc(-c2cc(-c3ccccc3)nc(-n3ccc4c5[nH]c6ccccc6c5ccc43)c2)cc1.c1ccc(-c2ccc(-n3c4ccccc4c4ccc5c(ccn5-c5cc(-c6ccccc6)cc(-c6ccccc6)n5)c43)cc2)cc1. The molecule has 0 atom stereocenters. The Bertz CT molecular complexity index is 5530. The minimum absolute atomic E-state index is 0.893. The molecule has 7 heteroatoms. The smallest absolute Gasteiger partial charge is 0.138 e. The van der Waals surface area contributed by atoms with Gasteiger partial charge in [0.2, 0.25) is 0 Å². The molecule has 6 nitrogen and oxygen atoms in total. The summed E-state index contributed by atoms with van der Waals surface area (Å²) in [6, 6.07) is 119. The molecule has 0 radical (unpaired) electrons. The zero-order chi connectivity index (χ0) is 62.0. The first-order valence-electron chi connectivity index (χ1n) is 31.3. The van der Waals surface area contributed by atoms with E-state index in [0.717, 1.165) is 72.0 Å². The van der Waals surface area contributed by atoms with E-state index >= 15 is 0 Å². The van der Waals surface area contributed by atoms with E-state index in [1.54, 1.807) is 0 Å². The third-order valence-corrected chi connectivity index (χ3v) is 18.0. The fraction of sp³-hybridized carbons (Fsp3) is 0. The number of halogens is 1. The number of pyridine rings is 2. The number of hydrogen-bond acceptors (Lipinski definition) is 2. The van der Waals surface area contributed by atoms with Gasteiger partial charge in [-0.3, -0.25) is 0 Å². The van der Waals surface area contributed by atoms with Crippen molar-refractivity contribution in [2.45, 2.75) is 0 Å². The van der Waals surface area contributed by atoms with Crippen LogP contribution >= 0.6 is 15.9 Å². The van der Waals surface area contributed by atoms with Crippen LogP contribution in [0.1, 0.15) is 0 Å². The van der Waals surface area contributed by atoms with Crippen molar-refractivity contribution in [3.63, 3.8) is 0 Å². The molecule has 0 amide bonds. The molecule has 0 spiro atoms. The average molecular weight is 1260 g/mol. The number of aromatic nitrogens is 6. The number of benzene rings is 12. The number of hydrogen-bond donors (Lipinski definition) is 1. The van der Waals surface area contributed by atoms with Gasteiger partial charge in [-0.25, -0.2) is 9.97 Å². The minimum atomic E-state index is 0.893. The van der Waals surface area contributed by atoms with Gasteiger partial charge in [0.25, 0.3) is 0 Å². The summed E-state index contributed by atoms with van der Waals surface area (Å²) in [7, 11) is 0. The van der Waals surface area contributed by atoms with E-state index in [-0.39, 0.29) is 0 Å².